The maximum Gasteiger partial charge on any atom is 0.335 e. The van der Waals surface area contributed by atoms with Crippen LogP contribution in [0.5, 0.6) is 0 Å². The molecule has 104 valence electrons. The quantitative estimate of drug-likeness (QED) is 0.731. The summed E-state index contributed by atoms with van der Waals surface area (Å²) in [7, 11) is 0. The zero-order valence-corrected chi connectivity index (χ0v) is 11.5. The summed E-state index contributed by atoms with van der Waals surface area (Å²) in [6.07, 6.45) is 3.57. The number of rotatable bonds is 3. The molecule has 2 atom stereocenters. The SMILES string of the molecule is CC1CC(C)CC(Nc2ccc(C(=O)O)cc2N)C1. The second-order valence-corrected chi connectivity index (χ2v) is 5.87. The smallest absolute Gasteiger partial charge is 0.335 e. The van der Waals surface area contributed by atoms with Crippen molar-refractivity contribution in [1.29, 1.82) is 0 Å². The van der Waals surface area contributed by atoms with Gasteiger partial charge in [-0.1, -0.05) is 13.8 Å². The van der Waals surface area contributed by atoms with Gasteiger partial charge in [-0.15, -0.1) is 0 Å². The van der Waals surface area contributed by atoms with Crippen LogP contribution in [0.1, 0.15) is 43.5 Å². The van der Waals surface area contributed by atoms with Crippen molar-refractivity contribution in [3.05, 3.63) is 23.8 Å². The van der Waals surface area contributed by atoms with Crippen LogP contribution in [0.4, 0.5) is 11.4 Å². The zero-order valence-electron chi connectivity index (χ0n) is 11.5. The van der Waals surface area contributed by atoms with E-state index in [1.807, 2.05) is 0 Å². The molecule has 1 fully saturated rings. The minimum atomic E-state index is -0.946. The van der Waals surface area contributed by atoms with Crippen LogP contribution in [0.15, 0.2) is 18.2 Å². The number of nitrogens with two attached hydrogens (primary N) is 1. The van der Waals surface area contributed by atoms with Crippen molar-refractivity contribution in [3.63, 3.8) is 0 Å². The molecule has 0 spiro atoms. The number of carboxylic acid groups (broad SMARTS) is 1. The summed E-state index contributed by atoms with van der Waals surface area (Å²) in [6.45, 7) is 4.56. The van der Waals surface area contributed by atoms with Gasteiger partial charge in [0.25, 0.3) is 0 Å². The standard InChI is InChI=1S/C15H22N2O2/c1-9-5-10(2)7-12(6-9)17-14-4-3-11(15(18)19)8-13(14)16/h3-4,8-10,12,17H,5-7,16H2,1-2H3,(H,18,19). The number of hydrogen-bond acceptors (Lipinski definition) is 3. The monoisotopic (exact) mass is 262 g/mol. The van der Waals surface area contributed by atoms with Crippen molar-refractivity contribution in [3.8, 4) is 0 Å². The van der Waals surface area contributed by atoms with Crippen LogP contribution in [-0.2, 0) is 0 Å². The topological polar surface area (TPSA) is 75.3 Å². The van der Waals surface area contributed by atoms with Crippen molar-refractivity contribution in [1.82, 2.24) is 0 Å². The molecule has 1 aromatic carbocycles. The van der Waals surface area contributed by atoms with Gasteiger partial charge in [-0.25, -0.2) is 4.79 Å². The van der Waals surface area contributed by atoms with Gasteiger partial charge in [0.1, 0.15) is 0 Å². The Hall–Kier alpha value is -1.71. The van der Waals surface area contributed by atoms with Crippen LogP contribution in [0, 0.1) is 11.8 Å². The molecule has 1 aromatic rings. The highest BCUT2D eigenvalue weighted by Crippen LogP contribution is 2.31. The van der Waals surface area contributed by atoms with E-state index in [0.29, 0.717) is 11.7 Å². The van der Waals surface area contributed by atoms with Gasteiger partial charge in [0, 0.05) is 6.04 Å². The van der Waals surface area contributed by atoms with Gasteiger partial charge in [-0.3, -0.25) is 0 Å². The molecule has 4 nitrogen and oxygen atoms in total. The number of nitrogen functional groups attached to an aromatic ring is 1. The maximum atomic E-state index is 10.9. The maximum absolute atomic E-state index is 10.9. The summed E-state index contributed by atoms with van der Waals surface area (Å²) in [6, 6.07) is 5.30. The van der Waals surface area contributed by atoms with E-state index in [-0.39, 0.29) is 5.56 Å². The van der Waals surface area contributed by atoms with E-state index in [1.165, 1.54) is 12.5 Å². The molecule has 2 unspecified atom stereocenters. The lowest BCUT2D eigenvalue weighted by atomic mass is 9.80. The first-order chi connectivity index (χ1) is 8.95. The van der Waals surface area contributed by atoms with Gasteiger partial charge in [-0.05, 0) is 49.3 Å². The molecule has 0 saturated heterocycles. The van der Waals surface area contributed by atoms with Gasteiger partial charge >= 0.3 is 5.97 Å². The summed E-state index contributed by atoms with van der Waals surface area (Å²) < 4.78 is 0. The molecule has 4 heteroatoms. The first kappa shape index (κ1) is 13.7. The number of hydrogen-bond donors (Lipinski definition) is 3. The second-order valence-electron chi connectivity index (χ2n) is 5.87. The third-order valence-electron chi connectivity index (χ3n) is 3.84. The van der Waals surface area contributed by atoms with Crippen LogP contribution in [-0.4, -0.2) is 17.1 Å². The van der Waals surface area contributed by atoms with E-state index < -0.39 is 5.97 Å². The average Bonchev–Trinajstić information content (AvgIpc) is 2.30. The summed E-state index contributed by atoms with van der Waals surface area (Å²) in [5.74, 6) is 0.500. The van der Waals surface area contributed by atoms with E-state index in [2.05, 4.69) is 19.2 Å². The lowest BCUT2D eigenvalue weighted by molar-refractivity contribution is 0.0697. The Morgan fingerprint density at radius 2 is 1.89 bits per heavy atom. The van der Waals surface area contributed by atoms with Crippen LogP contribution >= 0.6 is 0 Å². The molecule has 0 bridgehead atoms. The van der Waals surface area contributed by atoms with Crippen LogP contribution in [0.25, 0.3) is 0 Å². The third-order valence-corrected chi connectivity index (χ3v) is 3.84. The Morgan fingerprint density at radius 3 is 2.42 bits per heavy atom. The molecule has 4 N–H and O–H groups in total. The number of benzene rings is 1. The Balaban J connectivity index is 2.08. The van der Waals surface area contributed by atoms with Gasteiger partial charge < -0.3 is 16.2 Å². The molecule has 1 aliphatic carbocycles. The van der Waals surface area contributed by atoms with Gasteiger partial charge in [0.2, 0.25) is 0 Å². The predicted octanol–water partition coefficient (Wildman–Crippen LogP) is 3.20. The van der Waals surface area contributed by atoms with Crippen molar-refractivity contribution >= 4 is 17.3 Å². The fraction of sp³-hybridized carbons (Fsp3) is 0.533. The van der Waals surface area contributed by atoms with Crippen molar-refractivity contribution in [2.75, 3.05) is 11.1 Å². The number of carboxylic acids is 1. The lowest BCUT2D eigenvalue weighted by Gasteiger charge is -2.32. The van der Waals surface area contributed by atoms with Crippen LogP contribution < -0.4 is 11.1 Å². The highest BCUT2D eigenvalue weighted by atomic mass is 16.4. The number of anilines is 2. The summed E-state index contributed by atoms with van der Waals surface area (Å²) in [5.41, 5.74) is 7.50. The Kier molecular flexibility index (Phi) is 3.98. The second kappa shape index (κ2) is 5.51. The molecular formula is C15H22N2O2. The lowest BCUT2D eigenvalue weighted by Crippen LogP contribution is -2.30. The molecule has 0 amide bonds. The van der Waals surface area contributed by atoms with E-state index in [9.17, 15) is 4.79 Å². The fourth-order valence-corrected chi connectivity index (χ4v) is 3.11. The Labute approximate surface area is 114 Å². The molecule has 0 heterocycles. The molecule has 0 aromatic heterocycles. The van der Waals surface area contributed by atoms with Crippen LogP contribution in [0.3, 0.4) is 0 Å². The Morgan fingerprint density at radius 1 is 1.26 bits per heavy atom. The van der Waals surface area contributed by atoms with E-state index in [1.54, 1.807) is 12.1 Å². The number of carbonyl (C=O) groups is 1. The van der Waals surface area contributed by atoms with Gasteiger partial charge in [-0.2, -0.15) is 0 Å². The predicted molar refractivity (Wildman–Crippen MR) is 77.4 cm³/mol. The number of aromatic carboxylic acids is 1. The normalized spacial score (nSPS) is 26.9. The highest BCUT2D eigenvalue weighted by molar-refractivity contribution is 5.90. The first-order valence-electron chi connectivity index (χ1n) is 6.85. The molecule has 0 radical (unpaired) electrons. The molecule has 0 aliphatic heterocycles. The van der Waals surface area contributed by atoms with Gasteiger partial charge in [0.15, 0.2) is 0 Å². The third kappa shape index (κ3) is 3.40. The van der Waals surface area contributed by atoms with Crippen molar-refractivity contribution < 1.29 is 9.90 Å². The largest absolute Gasteiger partial charge is 0.478 e. The molecule has 1 saturated carbocycles. The van der Waals surface area contributed by atoms with Gasteiger partial charge in [0.05, 0.1) is 16.9 Å². The zero-order chi connectivity index (χ0) is 14.0. The van der Waals surface area contributed by atoms with E-state index in [0.717, 1.165) is 30.4 Å². The number of nitrogens with one attached hydrogen (secondary N) is 1. The summed E-state index contributed by atoms with van der Waals surface area (Å²) in [4.78, 5) is 10.9. The molecule has 2 rings (SSSR count). The Bertz CT molecular complexity index is 463. The van der Waals surface area contributed by atoms with E-state index in [4.69, 9.17) is 10.8 Å². The first-order valence-corrected chi connectivity index (χ1v) is 6.85. The van der Waals surface area contributed by atoms with Crippen molar-refractivity contribution in [2.45, 2.75) is 39.2 Å². The molecular weight excluding hydrogens is 240 g/mol. The molecule has 1 aliphatic rings. The fourth-order valence-electron chi connectivity index (χ4n) is 3.11. The minimum Gasteiger partial charge on any atom is -0.478 e. The van der Waals surface area contributed by atoms with Crippen LogP contribution in [0.2, 0.25) is 0 Å². The summed E-state index contributed by atoms with van der Waals surface area (Å²) >= 11 is 0. The minimum absolute atomic E-state index is 0.230. The highest BCUT2D eigenvalue weighted by Gasteiger charge is 2.24. The van der Waals surface area contributed by atoms with E-state index >= 15 is 0 Å². The average molecular weight is 262 g/mol. The summed E-state index contributed by atoms with van der Waals surface area (Å²) in [5, 5.41) is 12.4. The van der Waals surface area contributed by atoms with Crippen molar-refractivity contribution in [2.24, 2.45) is 11.8 Å². The molecule has 19 heavy (non-hydrogen) atoms.